The molecule has 4 heteroatoms. The van der Waals surface area contributed by atoms with E-state index in [0.717, 1.165) is 16.8 Å². The van der Waals surface area contributed by atoms with Crippen LogP contribution in [0, 0.1) is 6.92 Å². The van der Waals surface area contributed by atoms with Gasteiger partial charge in [-0.3, -0.25) is 5.43 Å². The first kappa shape index (κ1) is 14.8. The smallest absolute Gasteiger partial charge is 0.359 e. The van der Waals surface area contributed by atoms with Crippen molar-refractivity contribution >= 4 is 17.4 Å². The largest absolute Gasteiger partial charge is 0.461 e. The monoisotopic (exact) mass is 282 g/mol. The van der Waals surface area contributed by atoms with Gasteiger partial charge in [0.15, 0.2) is 5.71 Å². The topological polar surface area (TPSA) is 50.7 Å². The maximum absolute atomic E-state index is 12.0. The molecule has 0 aromatic heterocycles. The number of hydrazone groups is 1. The van der Waals surface area contributed by atoms with Gasteiger partial charge in [0.1, 0.15) is 0 Å². The van der Waals surface area contributed by atoms with Crippen molar-refractivity contribution in [1.29, 1.82) is 0 Å². The molecule has 0 heterocycles. The van der Waals surface area contributed by atoms with Gasteiger partial charge in [0.25, 0.3) is 0 Å². The van der Waals surface area contributed by atoms with Crippen molar-refractivity contribution in [3.63, 3.8) is 0 Å². The fraction of sp³-hybridized carbons (Fsp3) is 0.176. The van der Waals surface area contributed by atoms with Crippen LogP contribution < -0.4 is 5.43 Å². The summed E-state index contributed by atoms with van der Waals surface area (Å²) in [6, 6.07) is 17.0. The number of nitrogens with one attached hydrogen (secondary N) is 1. The number of nitrogens with zero attached hydrogens (tertiary/aromatic N) is 1. The van der Waals surface area contributed by atoms with Crippen molar-refractivity contribution in [2.24, 2.45) is 5.10 Å². The molecule has 0 amide bonds. The van der Waals surface area contributed by atoms with Gasteiger partial charge in [0.05, 0.1) is 12.3 Å². The second-order valence-corrected chi connectivity index (χ2v) is 4.53. The van der Waals surface area contributed by atoms with Gasteiger partial charge in [-0.2, -0.15) is 5.10 Å². The normalized spacial score (nSPS) is 11.0. The Bertz CT molecular complexity index is 636. The van der Waals surface area contributed by atoms with Crippen molar-refractivity contribution < 1.29 is 9.53 Å². The third-order valence-corrected chi connectivity index (χ3v) is 2.83. The molecule has 2 rings (SSSR count). The number of carbonyl (C=O) groups excluding carboxylic acids is 1. The second-order valence-electron chi connectivity index (χ2n) is 4.53. The van der Waals surface area contributed by atoms with Crippen LogP contribution in [0.2, 0.25) is 0 Å². The fourth-order valence-electron chi connectivity index (χ4n) is 1.86. The molecule has 0 aliphatic heterocycles. The number of benzene rings is 2. The first-order valence-electron chi connectivity index (χ1n) is 6.83. The highest BCUT2D eigenvalue weighted by molar-refractivity contribution is 6.43. The van der Waals surface area contributed by atoms with Crippen LogP contribution in [0.4, 0.5) is 5.69 Å². The molecular weight excluding hydrogens is 264 g/mol. The molecule has 0 bridgehead atoms. The van der Waals surface area contributed by atoms with Crippen molar-refractivity contribution in [3.05, 3.63) is 65.7 Å². The van der Waals surface area contributed by atoms with Gasteiger partial charge < -0.3 is 4.74 Å². The van der Waals surface area contributed by atoms with Gasteiger partial charge in [-0.1, -0.05) is 42.5 Å². The molecule has 21 heavy (non-hydrogen) atoms. The van der Waals surface area contributed by atoms with Crippen molar-refractivity contribution in [2.75, 3.05) is 12.0 Å². The summed E-state index contributed by atoms with van der Waals surface area (Å²) in [6.07, 6.45) is 0. The van der Waals surface area contributed by atoms with Crippen LogP contribution >= 0.6 is 0 Å². The third kappa shape index (κ3) is 4.18. The molecule has 0 radical (unpaired) electrons. The van der Waals surface area contributed by atoms with Gasteiger partial charge in [-0.05, 0) is 31.5 Å². The van der Waals surface area contributed by atoms with E-state index in [0.29, 0.717) is 6.61 Å². The van der Waals surface area contributed by atoms with E-state index >= 15 is 0 Å². The Morgan fingerprint density at radius 1 is 1.14 bits per heavy atom. The number of esters is 1. The van der Waals surface area contributed by atoms with E-state index in [1.807, 2.05) is 61.5 Å². The van der Waals surface area contributed by atoms with Gasteiger partial charge in [-0.15, -0.1) is 0 Å². The Morgan fingerprint density at radius 3 is 2.57 bits per heavy atom. The van der Waals surface area contributed by atoms with Crippen LogP contribution in [-0.2, 0) is 9.53 Å². The summed E-state index contributed by atoms with van der Waals surface area (Å²) in [5.74, 6) is -0.441. The van der Waals surface area contributed by atoms with E-state index in [1.165, 1.54) is 0 Å². The standard InChI is InChI=1S/C17H18N2O2/c1-3-21-17(20)16(14-9-5-4-6-10-14)19-18-15-11-7-8-13(2)12-15/h4-12,18H,3H2,1-2H3/b19-16-. The predicted molar refractivity (Wildman–Crippen MR) is 84.4 cm³/mol. The molecule has 0 fully saturated rings. The van der Waals surface area contributed by atoms with E-state index in [-0.39, 0.29) is 5.71 Å². The number of hydrogen-bond donors (Lipinski definition) is 1. The summed E-state index contributed by atoms with van der Waals surface area (Å²) in [4.78, 5) is 12.0. The van der Waals surface area contributed by atoms with Gasteiger partial charge in [0.2, 0.25) is 0 Å². The average Bonchev–Trinajstić information content (AvgIpc) is 2.49. The number of aryl methyl sites for hydroxylation is 1. The Kier molecular flexibility index (Phi) is 5.10. The summed E-state index contributed by atoms with van der Waals surface area (Å²) in [5, 5.41) is 4.22. The van der Waals surface area contributed by atoms with Crippen LogP contribution in [0.1, 0.15) is 18.1 Å². The van der Waals surface area contributed by atoms with Crippen LogP contribution in [-0.4, -0.2) is 18.3 Å². The first-order chi connectivity index (χ1) is 10.2. The summed E-state index contributed by atoms with van der Waals surface area (Å²) >= 11 is 0. The fourth-order valence-corrected chi connectivity index (χ4v) is 1.86. The molecule has 0 saturated carbocycles. The van der Waals surface area contributed by atoms with E-state index in [9.17, 15) is 4.79 Å². The summed E-state index contributed by atoms with van der Waals surface area (Å²) < 4.78 is 5.06. The summed E-state index contributed by atoms with van der Waals surface area (Å²) in [7, 11) is 0. The minimum Gasteiger partial charge on any atom is -0.461 e. The molecule has 108 valence electrons. The average molecular weight is 282 g/mol. The predicted octanol–water partition coefficient (Wildman–Crippen LogP) is 3.37. The lowest BCUT2D eigenvalue weighted by molar-refractivity contribution is -0.134. The molecule has 0 spiro atoms. The lowest BCUT2D eigenvalue weighted by atomic mass is 10.1. The second kappa shape index (κ2) is 7.24. The van der Waals surface area contributed by atoms with Crippen molar-refractivity contribution in [1.82, 2.24) is 0 Å². The van der Waals surface area contributed by atoms with Crippen LogP contribution in [0.25, 0.3) is 0 Å². The Labute approximate surface area is 124 Å². The highest BCUT2D eigenvalue weighted by atomic mass is 16.5. The maximum atomic E-state index is 12.0. The van der Waals surface area contributed by atoms with E-state index in [2.05, 4.69) is 10.5 Å². The molecule has 2 aromatic rings. The zero-order valence-electron chi connectivity index (χ0n) is 12.2. The minimum absolute atomic E-state index is 0.263. The molecule has 0 unspecified atom stereocenters. The highest BCUT2D eigenvalue weighted by Gasteiger charge is 2.15. The first-order valence-corrected chi connectivity index (χ1v) is 6.83. The highest BCUT2D eigenvalue weighted by Crippen LogP contribution is 2.11. The lowest BCUT2D eigenvalue weighted by Gasteiger charge is -2.07. The van der Waals surface area contributed by atoms with Crippen LogP contribution in [0.15, 0.2) is 59.7 Å². The van der Waals surface area contributed by atoms with Crippen molar-refractivity contribution in [2.45, 2.75) is 13.8 Å². The van der Waals surface area contributed by atoms with Crippen LogP contribution in [0.3, 0.4) is 0 Å². The molecule has 4 nitrogen and oxygen atoms in total. The minimum atomic E-state index is -0.441. The van der Waals surface area contributed by atoms with E-state index in [4.69, 9.17) is 4.74 Å². The van der Waals surface area contributed by atoms with E-state index < -0.39 is 5.97 Å². The quantitative estimate of drug-likeness (QED) is 0.519. The third-order valence-electron chi connectivity index (χ3n) is 2.83. The van der Waals surface area contributed by atoms with E-state index in [1.54, 1.807) is 6.92 Å². The summed E-state index contributed by atoms with van der Waals surface area (Å²) in [5.41, 5.74) is 5.84. The van der Waals surface area contributed by atoms with Crippen LogP contribution in [0.5, 0.6) is 0 Å². The zero-order chi connectivity index (χ0) is 15.1. The Morgan fingerprint density at radius 2 is 1.90 bits per heavy atom. The lowest BCUT2D eigenvalue weighted by Crippen LogP contribution is -2.20. The Balaban J connectivity index is 2.27. The van der Waals surface area contributed by atoms with Gasteiger partial charge >= 0.3 is 5.97 Å². The molecule has 0 atom stereocenters. The Hall–Kier alpha value is -2.62. The van der Waals surface area contributed by atoms with Gasteiger partial charge in [0, 0.05) is 5.56 Å². The SMILES string of the molecule is CCOC(=O)/C(=N\Nc1cccc(C)c1)c1ccccc1. The number of anilines is 1. The summed E-state index contributed by atoms with van der Waals surface area (Å²) in [6.45, 7) is 4.09. The molecule has 1 N–H and O–H groups in total. The van der Waals surface area contributed by atoms with Crippen molar-refractivity contribution in [3.8, 4) is 0 Å². The number of rotatable bonds is 5. The number of carbonyl (C=O) groups is 1. The number of hydrogen-bond acceptors (Lipinski definition) is 4. The zero-order valence-corrected chi connectivity index (χ0v) is 12.2. The molecular formula is C17H18N2O2. The molecule has 2 aromatic carbocycles. The molecule has 0 aliphatic carbocycles. The molecule has 0 aliphatic rings. The molecule has 0 saturated heterocycles. The maximum Gasteiger partial charge on any atom is 0.359 e. The van der Waals surface area contributed by atoms with Gasteiger partial charge in [-0.25, -0.2) is 4.79 Å². The number of ether oxygens (including phenoxy) is 1.